The van der Waals surface area contributed by atoms with Gasteiger partial charge in [-0.1, -0.05) is 111 Å². The quantitative estimate of drug-likeness (QED) is 0.0366. The van der Waals surface area contributed by atoms with Gasteiger partial charge in [0, 0.05) is 45.8 Å². The first-order valence-corrected chi connectivity index (χ1v) is 22.1. The van der Waals surface area contributed by atoms with Crippen molar-refractivity contribution in [2.24, 2.45) is 0 Å². The van der Waals surface area contributed by atoms with E-state index in [1.807, 2.05) is 0 Å². The average Bonchev–Trinajstić information content (AvgIpc) is 3.15. The summed E-state index contributed by atoms with van der Waals surface area (Å²) >= 11 is 0. The Hall–Kier alpha value is -1.30. The van der Waals surface area contributed by atoms with Crippen molar-refractivity contribution in [3.63, 3.8) is 0 Å². The molecule has 0 rings (SSSR count). The van der Waals surface area contributed by atoms with Crippen LogP contribution < -0.4 is 0 Å². The summed E-state index contributed by atoms with van der Waals surface area (Å²) in [5.41, 5.74) is 0. The fraction of sp³-hybridized carbons (Fsp3) is 0.953. The molecule has 0 aromatic rings. The molecule has 0 aromatic carbocycles. The van der Waals surface area contributed by atoms with Gasteiger partial charge in [-0.05, 0) is 64.5 Å². The number of ether oxygens (including phenoxy) is 6. The van der Waals surface area contributed by atoms with Crippen molar-refractivity contribution in [3.8, 4) is 0 Å². The molecule has 0 bridgehead atoms. The van der Waals surface area contributed by atoms with Crippen molar-refractivity contribution in [3.05, 3.63) is 0 Å². The number of aliphatic hydroxyl groups is 1. The van der Waals surface area contributed by atoms with Gasteiger partial charge in [0.05, 0.1) is 32.7 Å². The highest BCUT2D eigenvalue weighted by Gasteiger charge is 2.15. The van der Waals surface area contributed by atoms with Crippen molar-refractivity contribution in [1.82, 2.24) is 4.90 Å². The summed E-state index contributed by atoms with van der Waals surface area (Å²) in [6.45, 7) is 14.5. The molecule has 10 nitrogen and oxygen atoms in total. The van der Waals surface area contributed by atoms with Gasteiger partial charge in [-0.2, -0.15) is 0 Å². The smallest absolute Gasteiger partial charge is 0.305 e. The lowest BCUT2D eigenvalue weighted by Gasteiger charge is -2.21. The van der Waals surface area contributed by atoms with Gasteiger partial charge in [0.15, 0.2) is 12.6 Å². The van der Waals surface area contributed by atoms with Gasteiger partial charge in [0.1, 0.15) is 0 Å². The predicted molar refractivity (Wildman–Crippen MR) is 215 cm³/mol. The summed E-state index contributed by atoms with van der Waals surface area (Å²) in [5.74, 6) is -0.421. The number of unbranched alkanes of at least 4 members (excludes halogenated alkanes) is 15. The van der Waals surface area contributed by atoms with Crippen LogP contribution in [-0.2, 0) is 38.0 Å². The van der Waals surface area contributed by atoms with Crippen molar-refractivity contribution in [2.45, 2.75) is 201 Å². The minimum absolute atomic E-state index is 0.0924. The number of carbonyl (C=O) groups excluding carboxylic acids is 2. The Labute approximate surface area is 326 Å². The maximum Gasteiger partial charge on any atom is 0.305 e. The highest BCUT2D eigenvalue weighted by molar-refractivity contribution is 5.69. The molecule has 316 valence electrons. The molecule has 0 amide bonds. The largest absolute Gasteiger partial charge is 0.466 e. The van der Waals surface area contributed by atoms with E-state index in [4.69, 9.17) is 28.4 Å². The second kappa shape index (κ2) is 41.9. The van der Waals surface area contributed by atoms with Crippen molar-refractivity contribution >= 4 is 11.9 Å². The van der Waals surface area contributed by atoms with Gasteiger partial charge >= 0.3 is 11.9 Å². The second-order valence-corrected chi connectivity index (χ2v) is 14.4. The summed E-state index contributed by atoms with van der Waals surface area (Å²) in [4.78, 5) is 27.1. The van der Waals surface area contributed by atoms with Crippen LogP contribution in [0.25, 0.3) is 0 Å². The zero-order valence-electron chi connectivity index (χ0n) is 35.1. The Morgan fingerprint density at radius 1 is 0.434 bits per heavy atom. The molecular weight excluding hydrogens is 674 g/mol. The van der Waals surface area contributed by atoms with Crippen LogP contribution >= 0.6 is 0 Å². The lowest BCUT2D eigenvalue weighted by molar-refractivity contribution is -0.159. The predicted octanol–water partition coefficient (Wildman–Crippen LogP) is 9.92. The highest BCUT2D eigenvalue weighted by Crippen LogP contribution is 2.13. The SMILES string of the molecule is CCCCCCCOC(CCC(=O)OCCCCN(CCO)CCCCOC(=O)CCC(OCCCCCC)OCCCCCC)OCCCCCC. The van der Waals surface area contributed by atoms with Gasteiger partial charge in [0.2, 0.25) is 0 Å². The first-order valence-electron chi connectivity index (χ1n) is 22.1. The van der Waals surface area contributed by atoms with Gasteiger partial charge in [-0.25, -0.2) is 0 Å². The monoisotopic (exact) mass is 760 g/mol. The number of aliphatic hydroxyl groups excluding tert-OH is 1. The van der Waals surface area contributed by atoms with E-state index in [9.17, 15) is 14.7 Å². The molecule has 0 aliphatic heterocycles. The van der Waals surface area contributed by atoms with E-state index in [1.165, 1.54) is 57.8 Å². The van der Waals surface area contributed by atoms with Crippen molar-refractivity contribution in [1.29, 1.82) is 0 Å². The average molecular weight is 760 g/mol. The Kier molecular flexibility index (Phi) is 40.8. The third-order valence-corrected chi connectivity index (χ3v) is 9.30. The van der Waals surface area contributed by atoms with Crippen LogP contribution in [0.2, 0.25) is 0 Å². The Bertz CT molecular complexity index is 758. The van der Waals surface area contributed by atoms with Gasteiger partial charge < -0.3 is 38.4 Å². The topological polar surface area (TPSA) is 113 Å². The van der Waals surface area contributed by atoms with E-state index in [2.05, 4.69) is 32.6 Å². The third-order valence-electron chi connectivity index (χ3n) is 9.30. The molecule has 0 aliphatic carbocycles. The standard InChI is InChI=1S/C43H85NO9/c1-5-9-13-17-23-39-53-43(52-38-22-16-12-8-4)29-27-41(47)49-35-25-19-31-44(32-33-45)30-18-24-34-48-40(46)26-28-42(50-36-20-14-10-6-2)51-37-21-15-11-7-3/h42-43,45H,5-39H2,1-4H3. The van der Waals surface area contributed by atoms with Crippen LogP contribution in [0.15, 0.2) is 0 Å². The number of hydrogen-bond donors (Lipinski definition) is 1. The zero-order valence-corrected chi connectivity index (χ0v) is 35.1. The van der Waals surface area contributed by atoms with Crippen LogP contribution in [0.3, 0.4) is 0 Å². The molecule has 0 aliphatic rings. The molecule has 0 saturated carbocycles. The molecule has 0 radical (unpaired) electrons. The van der Waals surface area contributed by atoms with Crippen LogP contribution in [0.5, 0.6) is 0 Å². The normalized spacial score (nSPS) is 12.2. The van der Waals surface area contributed by atoms with Crippen molar-refractivity contribution < 1.29 is 43.1 Å². The minimum Gasteiger partial charge on any atom is -0.466 e. The molecular formula is C43H85NO9. The fourth-order valence-electron chi connectivity index (χ4n) is 5.92. The lowest BCUT2D eigenvalue weighted by Crippen LogP contribution is -2.29. The number of hydrogen-bond acceptors (Lipinski definition) is 10. The molecule has 1 atom stereocenters. The summed E-state index contributed by atoms with van der Waals surface area (Å²) < 4.78 is 35.0. The molecule has 0 fully saturated rings. The van der Waals surface area contributed by atoms with E-state index >= 15 is 0 Å². The van der Waals surface area contributed by atoms with Crippen molar-refractivity contribution in [2.75, 3.05) is 65.9 Å². The van der Waals surface area contributed by atoms with Crippen LogP contribution in [0, 0.1) is 0 Å². The summed E-state index contributed by atoms with van der Waals surface area (Å²) in [6, 6.07) is 0. The molecule has 0 heterocycles. The molecule has 0 saturated heterocycles. The lowest BCUT2D eigenvalue weighted by atomic mass is 10.2. The third kappa shape index (κ3) is 37.4. The number of carbonyl (C=O) groups is 2. The molecule has 0 spiro atoms. The summed E-state index contributed by atoms with van der Waals surface area (Å²) in [7, 11) is 0. The van der Waals surface area contributed by atoms with E-state index in [0.29, 0.717) is 59.0 Å². The van der Waals surface area contributed by atoms with E-state index in [1.54, 1.807) is 0 Å². The second-order valence-electron chi connectivity index (χ2n) is 14.4. The van der Waals surface area contributed by atoms with Gasteiger partial charge in [0.25, 0.3) is 0 Å². The number of esters is 2. The Balaban J connectivity index is 4.26. The first-order chi connectivity index (χ1) is 26.0. The molecule has 0 aromatic heterocycles. The summed E-state index contributed by atoms with van der Waals surface area (Å²) in [5, 5.41) is 9.55. The maximum absolute atomic E-state index is 12.5. The maximum atomic E-state index is 12.5. The molecule has 10 heteroatoms. The van der Waals surface area contributed by atoms with Gasteiger partial charge in [-0.3, -0.25) is 9.59 Å². The zero-order chi connectivity index (χ0) is 38.9. The van der Waals surface area contributed by atoms with Gasteiger partial charge in [-0.15, -0.1) is 0 Å². The molecule has 1 N–H and O–H groups in total. The Morgan fingerprint density at radius 2 is 0.755 bits per heavy atom. The molecule has 1 unspecified atom stereocenters. The Morgan fingerprint density at radius 3 is 1.09 bits per heavy atom. The molecule has 53 heavy (non-hydrogen) atoms. The highest BCUT2D eigenvalue weighted by atomic mass is 16.7. The fourth-order valence-corrected chi connectivity index (χ4v) is 5.92. The van der Waals surface area contributed by atoms with Crippen LogP contribution in [0.4, 0.5) is 0 Å². The van der Waals surface area contributed by atoms with E-state index in [0.717, 1.165) is 90.1 Å². The number of nitrogens with zero attached hydrogens (tertiary/aromatic N) is 1. The van der Waals surface area contributed by atoms with Crippen LogP contribution in [-0.4, -0.2) is 100 Å². The summed E-state index contributed by atoms with van der Waals surface area (Å²) in [6.07, 6.45) is 23.8. The first kappa shape index (κ1) is 51.7. The van der Waals surface area contributed by atoms with Crippen LogP contribution in [0.1, 0.15) is 188 Å². The van der Waals surface area contributed by atoms with E-state index < -0.39 is 0 Å². The number of rotatable bonds is 43. The van der Waals surface area contributed by atoms with E-state index in [-0.39, 0.29) is 44.0 Å². The minimum atomic E-state index is -0.354.